The monoisotopic (exact) mass is 205 g/mol. The van der Waals surface area contributed by atoms with Gasteiger partial charge in [0.25, 0.3) is 0 Å². The Morgan fingerprint density at radius 2 is 2.27 bits per heavy atom. The van der Waals surface area contributed by atoms with Gasteiger partial charge in [-0.1, -0.05) is 0 Å². The molecule has 1 atom stereocenters. The van der Waals surface area contributed by atoms with E-state index in [2.05, 4.69) is 27.8 Å². The van der Waals surface area contributed by atoms with Crippen LogP contribution in [0.1, 0.15) is 18.4 Å². The fraction of sp³-hybridized carbons (Fsp3) is 0.583. The van der Waals surface area contributed by atoms with E-state index in [0.717, 1.165) is 19.0 Å². The fourth-order valence-corrected chi connectivity index (χ4v) is 2.02. The Balaban J connectivity index is 1.66. The van der Waals surface area contributed by atoms with Gasteiger partial charge in [-0.3, -0.25) is 4.98 Å². The molecule has 82 valence electrons. The summed E-state index contributed by atoms with van der Waals surface area (Å²) in [6.45, 7) is 4.44. The Morgan fingerprint density at radius 1 is 1.40 bits per heavy atom. The summed E-state index contributed by atoms with van der Waals surface area (Å²) in [5.41, 5.74) is 1.31. The standard InChI is InChI=1S/C12H19N3/c1-2-12(9-14-5-1)10-15-8-11-3-6-13-7-4-11/h3-4,6-7,12,14-15H,1-2,5,8-10H2. The number of aromatic nitrogens is 1. The number of piperidine rings is 1. The smallest absolute Gasteiger partial charge is 0.0271 e. The largest absolute Gasteiger partial charge is 0.316 e. The van der Waals surface area contributed by atoms with Gasteiger partial charge < -0.3 is 10.6 Å². The van der Waals surface area contributed by atoms with E-state index < -0.39 is 0 Å². The van der Waals surface area contributed by atoms with Gasteiger partial charge in [0.1, 0.15) is 0 Å². The average Bonchev–Trinajstić information content (AvgIpc) is 2.32. The molecule has 0 aromatic carbocycles. The molecule has 0 bridgehead atoms. The summed E-state index contributed by atoms with van der Waals surface area (Å²) in [6.07, 6.45) is 6.37. The van der Waals surface area contributed by atoms with Crippen molar-refractivity contribution in [2.24, 2.45) is 5.92 Å². The van der Waals surface area contributed by atoms with Gasteiger partial charge in [-0.25, -0.2) is 0 Å². The molecule has 2 rings (SSSR count). The molecule has 1 aromatic rings. The molecule has 1 saturated heterocycles. The number of pyridine rings is 1. The van der Waals surface area contributed by atoms with Crippen molar-refractivity contribution in [2.75, 3.05) is 19.6 Å². The highest BCUT2D eigenvalue weighted by Gasteiger charge is 2.11. The number of hydrogen-bond acceptors (Lipinski definition) is 3. The Hall–Kier alpha value is -0.930. The summed E-state index contributed by atoms with van der Waals surface area (Å²) >= 11 is 0. The summed E-state index contributed by atoms with van der Waals surface area (Å²) in [7, 11) is 0. The van der Waals surface area contributed by atoms with Gasteiger partial charge in [0.2, 0.25) is 0 Å². The molecule has 1 fully saturated rings. The van der Waals surface area contributed by atoms with Crippen LogP contribution in [0, 0.1) is 5.92 Å². The lowest BCUT2D eigenvalue weighted by atomic mass is 10.00. The second-order valence-electron chi connectivity index (χ2n) is 4.20. The Labute approximate surface area is 91.3 Å². The van der Waals surface area contributed by atoms with Gasteiger partial charge in [-0.05, 0) is 56.1 Å². The first-order valence-corrected chi connectivity index (χ1v) is 5.75. The Bertz CT molecular complexity index is 267. The molecule has 2 N–H and O–H groups in total. The van der Waals surface area contributed by atoms with Gasteiger partial charge in [0.05, 0.1) is 0 Å². The maximum absolute atomic E-state index is 4.01. The summed E-state index contributed by atoms with van der Waals surface area (Å²) in [4.78, 5) is 4.01. The van der Waals surface area contributed by atoms with E-state index in [9.17, 15) is 0 Å². The third-order valence-corrected chi connectivity index (χ3v) is 2.91. The molecule has 0 aliphatic carbocycles. The number of nitrogens with zero attached hydrogens (tertiary/aromatic N) is 1. The maximum Gasteiger partial charge on any atom is 0.0271 e. The molecule has 3 nitrogen and oxygen atoms in total. The van der Waals surface area contributed by atoms with Crippen LogP contribution in [0.3, 0.4) is 0 Å². The van der Waals surface area contributed by atoms with Crippen molar-refractivity contribution in [3.8, 4) is 0 Å². The van der Waals surface area contributed by atoms with Crippen LogP contribution in [0.5, 0.6) is 0 Å². The minimum absolute atomic E-state index is 0.806. The highest BCUT2D eigenvalue weighted by molar-refractivity contribution is 5.08. The van der Waals surface area contributed by atoms with Crippen molar-refractivity contribution in [2.45, 2.75) is 19.4 Å². The summed E-state index contributed by atoms with van der Waals surface area (Å²) < 4.78 is 0. The van der Waals surface area contributed by atoms with Crippen LogP contribution in [-0.4, -0.2) is 24.6 Å². The lowest BCUT2D eigenvalue weighted by molar-refractivity contribution is 0.360. The predicted octanol–water partition coefficient (Wildman–Crippen LogP) is 1.17. The van der Waals surface area contributed by atoms with E-state index in [0.29, 0.717) is 0 Å². The van der Waals surface area contributed by atoms with Gasteiger partial charge in [-0.15, -0.1) is 0 Å². The molecular formula is C12H19N3. The van der Waals surface area contributed by atoms with Gasteiger partial charge in [0.15, 0.2) is 0 Å². The Kier molecular flexibility index (Phi) is 4.11. The van der Waals surface area contributed by atoms with Crippen LogP contribution in [0.15, 0.2) is 24.5 Å². The third-order valence-electron chi connectivity index (χ3n) is 2.91. The Morgan fingerprint density at radius 3 is 3.00 bits per heavy atom. The zero-order valence-electron chi connectivity index (χ0n) is 9.08. The molecule has 1 unspecified atom stereocenters. The normalized spacial score (nSPS) is 21.5. The molecule has 0 amide bonds. The second-order valence-corrected chi connectivity index (χ2v) is 4.20. The highest BCUT2D eigenvalue weighted by Crippen LogP contribution is 2.08. The average molecular weight is 205 g/mol. The zero-order chi connectivity index (χ0) is 10.3. The van der Waals surface area contributed by atoms with Crippen LogP contribution >= 0.6 is 0 Å². The van der Waals surface area contributed by atoms with Crippen molar-refractivity contribution in [1.82, 2.24) is 15.6 Å². The quantitative estimate of drug-likeness (QED) is 0.775. The van der Waals surface area contributed by atoms with Gasteiger partial charge >= 0.3 is 0 Å². The molecule has 0 saturated carbocycles. The van der Waals surface area contributed by atoms with Crippen LogP contribution in [0.25, 0.3) is 0 Å². The topological polar surface area (TPSA) is 37.0 Å². The molecule has 0 spiro atoms. The summed E-state index contributed by atoms with van der Waals surface area (Å²) in [5.74, 6) is 0.806. The van der Waals surface area contributed by atoms with Crippen LogP contribution in [0.4, 0.5) is 0 Å². The first kappa shape index (κ1) is 10.6. The van der Waals surface area contributed by atoms with Gasteiger partial charge in [-0.2, -0.15) is 0 Å². The van der Waals surface area contributed by atoms with Crippen molar-refractivity contribution in [1.29, 1.82) is 0 Å². The molecule has 1 aliphatic heterocycles. The molecule has 15 heavy (non-hydrogen) atoms. The maximum atomic E-state index is 4.01. The molecule has 1 aliphatic rings. The summed E-state index contributed by atoms with van der Waals surface area (Å²) in [6, 6.07) is 4.12. The lowest BCUT2D eigenvalue weighted by Crippen LogP contribution is -2.35. The van der Waals surface area contributed by atoms with E-state index in [1.54, 1.807) is 0 Å². The van der Waals surface area contributed by atoms with Crippen molar-refractivity contribution >= 4 is 0 Å². The first-order chi connectivity index (χ1) is 7.45. The summed E-state index contributed by atoms with van der Waals surface area (Å²) in [5, 5.41) is 6.94. The van der Waals surface area contributed by atoms with Crippen LogP contribution in [-0.2, 0) is 6.54 Å². The second kappa shape index (κ2) is 5.83. The SMILES string of the molecule is c1cc(CNCC2CCCNC2)ccn1. The van der Waals surface area contributed by atoms with E-state index in [4.69, 9.17) is 0 Å². The number of hydrogen-bond donors (Lipinski definition) is 2. The van der Waals surface area contributed by atoms with Crippen molar-refractivity contribution < 1.29 is 0 Å². The molecule has 2 heterocycles. The first-order valence-electron chi connectivity index (χ1n) is 5.75. The van der Waals surface area contributed by atoms with E-state index in [-0.39, 0.29) is 0 Å². The molecule has 3 heteroatoms. The number of rotatable bonds is 4. The molecule has 1 aromatic heterocycles. The third kappa shape index (κ3) is 3.61. The van der Waals surface area contributed by atoms with E-state index in [1.807, 2.05) is 12.4 Å². The minimum atomic E-state index is 0.806. The predicted molar refractivity (Wildman–Crippen MR) is 61.5 cm³/mol. The minimum Gasteiger partial charge on any atom is -0.316 e. The van der Waals surface area contributed by atoms with Crippen LogP contribution < -0.4 is 10.6 Å². The zero-order valence-corrected chi connectivity index (χ0v) is 9.08. The van der Waals surface area contributed by atoms with Crippen molar-refractivity contribution in [3.63, 3.8) is 0 Å². The molecular weight excluding hydrogens is 186 g/mol. The van der Waals surface area contributed by atoms with E-state index >= 15 is 0 Å². The van der Waals surface area contributed by atoms with Crippen LogP contribution in [0.2, 0.25) is 0 Å². The van der Waals surface area contributed by atoms with Crippen molar-refractivity contribution in [3.05, 3.63) is 30.1 Å². The lowest BCUT2D eigenvalue weighted by Gasteiger charge is -2.22. The van der Waals surface area contributed by atoms with Gasteiger partial charge in [0, 0.05) is 18.9 Å². The fourth-order valence-electron chi connectivity index (χ4n) is 2.02. The van der Waals surface area contributed by atoms with E-state index in [1.165, 1.54) is 31.5 Å². The number of nitrogens with one attached hydrogen (secondary N) is 2. The molecule has 0 radical (unpaired) electrons. The highest BCUT2D eigenvalue weighted by atomic mass is 14.9.